The van der Waals surface area contributed by atoms with Crippen LogP contribution in [0.25, 0.3) is 10.8 Å². The van der Waals surface area contributed by atoms with Gasteiger partial charge in [-0.3, -0.25) is 4.79 Å². The summed E-state index contributed by atoms with van der Waals surface area (Å²) in [6, 6.07) is 20.1. The molecule has 122 valence electrons. The van der Waals surface area contributed by atoms with Gasteiger partial charge in [-0.05, 0) is 34.5 Å². The molecule has 3 aromatic carbocycles. The third-order valence-corrected chi connectivity index (χ3v) is 4.83. The molecule has 0 saturated heterocycles. The Balaban J connectivity index is 1.75. The highest BCUT2D eigenvalue weighted by molar-refractivity contribution is 7.90. The molecule has 0 radical (unpaired) electrons. The summed E-state index contributed by atoms with van der Waals surface area (Å²) in [6.45, 7) is 0. The van der Waals surface area contributed by atoms with Gasteiger partial charge in [-0.25, -0.2) is 8.42 Å². The van der Waals surface area contributed by atoms with E-state index in [1.165, 1.54) is 12.1 Å². The fourth-order valence-electron chi connectivity index (χ4n) is 2.54. The number of carbonyl (C=O) groups excluding carboxylic acids is 1. The van der Waals surface area contributed by atoms with Gasteiger partial charge in [0.05, 0.1) is 11.3 Å². The van der Waals surface area contributed by atoms with E-state index in [0.717, 1.165) is 22.6 Å². The summed E-state index contributed by atoms with van der Waals surface area (Å²) in [5.74, 6) is -0.184. The number of amides is 1. The van der Waals surface area contributed by atoms with Crippen LogP contribution in [0.3, 0.4) is 0 Å². The van der Waals surface area contributed by atoms with E-state index >= 15 is 0 Å². The van der Waals surface area contributed by atoms with Crippen LogP contribution in [0, 0.1) is 0 Å². The normalized spacial score (nSPS) is 11.4. The van der Waals surface area contributed by atoms with Crippen molar-refractivity contribution in [1.82, 2.24) is 0 Å². The maximum atomic E-state index is 12.2. The number of hydrogen-bond acceptors (Lipinski definition) is 3. The molecule has 0 aliphatic carbocycles. The molecule has 5 heteroatoms. The molecule has 0 saturated carbocycles. The van der Waals surface area contributed by atoms with Gasteiger partial charge < -0.3 is 5.32 Å². The molecule has 4 nitrogen and oxygen atoms in total. The summed E-state index contributed by atoms with van der Waals surface area (Å²) in [5, 5.41) is 4.96. The number of carbonyl (C=O) groups is 1. The molecule has 1 N–H and O–H groups in total. The number of hydrogen-bond donors (Lipinski definition) is 1. The van der Waals surface area contributed by atoms with Crippen molar-refractivity contribution in [3.05, 3.63) is 72.3 Å². The van der Waals surface area contributed by atoms with Crippen LogP contribution >= 0.6 is 0 Å². The standard InChI is InChI=1S/C19H17NO3S/c1-24(22,23)18-8-4-7-17(13-18)20-19(21)12-14-9-10-15-5-2-3-6-16(15)11-14/h2-11,13H,12H2,1H3,(H,20,21). The number of rotatable bonds is 4. The smallest absolute Gasteiger partial charge is 0.228 e. The minimum atomic E-state index is -3.30. The van der Waals surface area contributed by atoms with Gasteiger partial charge >= 0.3 is 0 Å². The molecular weight excluding hydrogens is 322 g/mol. The summed E-state index contributed by atoms with van der Waals surface area (Å²) >= 11 is 0. The van der Waals surface area contributed by atoms with Gasteiger partial charge in [-0.15, -0.1) is 0 Å². The molecule has 24 heavy (non-hydrogen) atoms. The molecule has 0 aromatic heterocycles. The monoisotopic (exact) mass is 339 g/mol. The maximum Gasteiger partial charge on any atom is 0.228 e. The van der Waals surface area contributed by atoms with E-state index in [9.17, 15) is 13.2 Å². The minimum Gasteiger partial charge on any atom is -0.326 e. The minimum absolute atomic E-state index is 0.184. The van der Waals surface area contributed by atoms with Gasteiger partial charge in [0, 0.05) is 11.9 Å². The molecule has 0 aliphatic heterocycles. The first-order chi connectivity index (χ1) is 11.4. The van der Waals surface area contributed by atoms with Gasteiger partial charge in [0.1, 0.15) is 0 Å². The first-order valence-corrected chi connectivity index (χ1v) is 9.39. The Morgan fingerprint density at radius 3 is 2.42 bits per heavy atom. The zero-order valence-electron chi connectivity index (χ0n) is 13.2. The predicted molar refractivity (Wildman–Crippen MR) is 95.8 cm³/mol. The molecule has 1 amide bonds. The van der Waals surface area contributed by atoms with E-state index in [2.05, 4.69) is 5.32 Å². The third-order valence-electron chi connectivity index (χ3n) is 3.72. The van der Waals surface area contributed by atoms with E-state index in [4.69, 9.17) is 0 Å². The third kappa shape index (κ3) is 3.81. The van der Waals surface area contributed by atoms with Crippen LogP contribution < -0.4 is 5.32 Å². The Kier molecular flexibility index (Phi) is 4.36. The average Bonchev–Trinajstić information content (AvgIpc) is 2.54. The number of benzene rings is 3. The summed E-state index contributed by atoms with van der Waals surface area (Å²) < 4.78 is 23.1. The lowest BCUT2D eigenvalue weighted by atomic mass is 10.0. The second-order valence-corrected chi connectivity index (χ2v) is 7.72. The number of sulfone groups is 1. The Morgan fingerprint density at radius 1 is 0.917 bits per heavy atom. The topological polar surface area (TPSA) is 63.2 Å². The Hall–Kier alpha value is -2.66. The number of fused-ring (bicyclic) bond motifs is 1. The summed E-state index contributed by atoms with van der Waals surface area (Å²) in [5.41, 5.74) is 1.38. The zero-order chi connectivity index (χ0) is 17.2. The highest BCUT2D eigenvalue weighted by Gasteiger charge is 2.09. The second-order valence-electron chi connectivity index (χ2n) is 5.71. The van der Waals surface area contributed by atoms with E-state index in [-0.39, 0.29) is 17.2 Å². The summed E-state index contributed by atoms with van der Waals surface area (Å²) in [6.07, 6.45) is 1.37. The van der Waals surface area contributed by atoms with Crippen LogP contribution in [0.2, 0.25) is 0 Å². The van der Waals surface area contributed by atoms with Gasteiger partial charge in [0.15, 0.2) is 9.84 Å². The molecule has 0 spiro atoms. The zero-order valence-corrected chi connectivity index (χ0v) is 14.0. The molecule has 3 aromatic rings. The van der Waals surface area contributed by atoms with Crippen molar-refractivity contribution >= 4 is 32.2 Å². The van der Waals surface area contributed by atoms with Crippen LogP contribution in [-0.2, 0) is 21.1 Å². The van der Waals surface area contributed by atoms with Crippen molar-refractivity contribution in [3.8, 4) is 0 Å². The fraction of sp³-hybridized carbons (Fsp3) is 0.105. The molecular formula is C19H17NO3S. The largest absolute Gasteiger partial charge is 0.326 e. The molecule has 0 unspecified atom stereocenters. The van der Waals surface area contributed by atoms with Crippen molar-refractivity contribution in [2.24, 2.45) is 0 Å². The molecule has 0 bridgehead atoms. The average molecular weight is 339 g/mol. The van der Waals surface area contributed by atoms with Crippen molar-refractivity contribution < 1.29 is 13.2 Å². The first-order valence-electron chi connectivity index (χ1n) is 7.49. The quantitative estimate of drug-likeness (QED) is 0.792. The van der Waals surface area contributed by atoms with E-state index < -0.39 is 9.84 Å². The maximum absolute atomic E-state index is 12.2. The van der Waals surface area contributed by atoms with E-state index in [0.29, 0.717) is 5.69 Å². The molecule has 0 fully saturated rings. The van der Waals surface area contributed by atoms with Gasteiger partial charge in [-0.1, -0.05) is 48.5 Å². The Morgan fingerprint density at radius 2 is 1.67 bits per heavy atom. The molecule has 3 rings (SSSR count). The van der Waals surface area contributed by atoms with E-state index in [1.807, 2.05) is 42.5 Å². The Labute approximate surface area is 141 Å². The fourth-order valence-corrected chi connectivity index (χ4v) is 3.21. The summed E-state index contributed by atoms with van der Waals surface area (Å²) in [7, 11) is -3.30. The van der Waals surface area contributed by atoms with Crippen LogP contribution in [0.4, 0.5) is 5.69 Å². The first kappa shape index (κ1) is 16.2. The lowest BCUT2D eigenvalue weighted by molar-refractivity contribution is -0.115. The van der Waals surface area contributed by atoms with Crippen molar-refractivity contribution in [1.29, 1.82) is 0 Å². The predicted octanol–water partition coefficient (Wildman–Crippen LogP) is 3.42. The van der Waals surface area contributed by atoms with Crippen LogP contribution in [0.15, 0.2) is 71.6 Å². The van der Waals surface area contributed by atoms with Crippen molar-refractivity contribution in [3.63, 3.8) is 0 Å². The molecule has 0 heterocycles. The van der Waals surface area contributed by atoms with Gasteiger partial charge in [0.25, 0.3) is 0 Å². The lowest BCUT2D eigenvalue weighted by Gasteiger charge is -2.08. The molecule has 0 aliphatic rings. The van der Waals surface area contributed by atoms with Gasteiger partial charge in [0.2, 0.25) is 5.91 Å². The van der Waals surface area contributed by atoms with Gasteiger partial charge in [-0.2, -0.15) is 0 Å². The van der Waals surface area contributed by atoms with E-state index in [1.54, 1.807) is 12.1 Å². The van der Waals surface area contributed by atoms with Crippen molar-refractivity contribution in [2.75, 3.05) is 11.6 Å². The Bertz CT molecular complexity index is 1010. The highest BCUT2D eigenvalue weighted by Crippen LogP contribution is 2.18. The van der Waals surface area contributed by atoms with Crippen LogP contribution in [0.1, 0.15) is 5.56 Å². The van der Waals surface area contributed by atoms with Crippen LogP contribution in [0.5, 0.6) is 0 Å². The van der Waals surface area contributed by atoms with Crippen molar-refractivity contribution in [2.45, 2.75) is 11.3 Å². The highest BCUT2D eigenvalue weighted by atomic mass is 32.2. The number of anilines is 1. The molecule has 0 atom stereocenters. The number of nitrogens with one attached hydrogen (secondary N) is 1. The SMILES string of the molecule is CS(=O)(=O)c1cccc(NC(=O)Cc2ccc3ccccc3c2)c1. The summed E-state index contributed by atoms with van der Waals surface area (Å²) in [4.78, 5) is 12.4. The lowest BCUT2D eigenvalue weighted by Crippen LogP contribution is -2.14. The second kappa shape index (κ2) is 6.45. The van der Waals surface area contributed by atoms with Crippen LogP contribution in [-0.4, -0.2) is 20.6 Å².